The second-order valence-electron chi connectivity index (χ2n) is 9.52. The maximum Gasteiger partial charge on any atom is 0.203 e. The van der Waals surface area contributed by atoms with E-state index in [9.17, 15) is 20.1 Å². The zero-order valence-electron chi connectivity index (χ0n) is 22.8. The van der Waals surface area contributed by atoms with Crippen molar-refractivity contribution < 1.29 is 39.1 Å². The molecule has 8 heteroatoms. The Balaban J connectivity index is 1.72. The lowest BCUT2D eigenvalue weighted by atomic mass is 9.80. The second kappa shape index (κ2) is 11.6. The van der Waals surface area contributed by atoms with Crippen molar-refractivity contribution in [3.63, 3.8) is 0 Å². The Morgan fingerprint density at radius 3 is 2.07 bits per heavy atom. The third-order valence-electron chi connectivity index (χ3n) is 7.19. The van der Waals surface area contributed by atoms with E-state index in [1.54, 1.807) is 6.08 Å². The van der Waals surface area contributed by atoms with E-state index in [0.717, 1.165) is 11.1 Å². The first-order valence-corrected chi connectivity index (χ1v) is 13.0. The van der Waals surface area contributed by atoms with E-state index >= 15 is 0 Å². The molecule has 210 valence electrons. The number of aromatic hydroxyl groups is 3. The van der Waals surface area contributed by atoms with Gasteiger partial charge >= 0.3 is 0 Å². The maximum atomic E-state index is 13.3. The summed E-state index contributed by atoms with van der Waals surface area (Å²) in [5, 5.41) is 33.2. The standard InChI is InChI=1S/C33H30O8/c1-38-26-17-23(35)30(22(34)15-14-19-10-6-4-7-11-19)31(37)28(26)21-16-25(20-12-8-5-9-13-20)41-33-29(21)27(39-2)18-24(36)32(33)40-3/h4-15,17-18,21,25,35-37H,16H2,1-3H3/t21-,25-/m1/s1. The Labute approximate surface area is 237 Å². The number of fused-ring (bicyclic) bond motifs is 1. The lowest BCUT2D eigenvalue weighted by molar-refractivity contribution is 0.104. The van der Waals surface area contributed by atoms with Gasteiger partial charge in [-0.05, 0) is 17.2 Å². The third kappa shape index (κ3) is 5.12. The number of phenols is 3. The number of carbonyl (C=O) groups excluding carboxylic acids is 1. The Morgan fingerprint density at radius 2 is 1.44 bits per heavy atom. The number of methoxy groups -OCH3 is 3. The molecule has 0 aromatic heterocycles. The predicted molar refractivity (Wildman–Crippen MR) is 154 cm³/mol. The summed E-state index contributed by atoms with van der Waals surface area (Å²) >= 11 is 0. The molecule has 1 aliphatic rings. The molecule has 1 heterocycles. The van der Waals surface area contributed by atoms with Crippen molar-refractivity contribution in [2.24, 2.45) is 0 Å². The molecule has 1 aliphatic heterocycles. The molecule has 5 rings (SSSR count). The molecule has 3 N–H and O–H groups in total. The lowest BCUT2D eigenvalue weighted by Gasteiger charge is -2.35. The summed E-state index contributed by atoms with van der Waals surface area (Å²) in [6.07, 6.45) is 2.69. The molecule has 0 saturated carbocycles. The van der Waals surface area contributed by atoms with Crippen LogP contribution < -0.4 is 18.9 Å². The van der Waals surface area contributed by atoms with Gasteiger partial charge in [0.2, 0.25) is 5.75 Å². The summed E-state index contributed by atoms with van der Waals surface area (Å²) in [7, 11) is 4.29. The van der Waals surface area contributed by atoms with Gasteiger partial charge in [-0.2, -0.15) is 0 Å². The van der Waals surface area contributed by atoms with Gasteiger partial charge in [0.05, 0.1) is 21.3 Å². The summed E-state index contributed by atoms with van der Waals surface area (Å²) in [6, 6.07) is 21.4. The molecule has 0 aliphatic carbocycles. The van der Waals surface area contributed by atoms with Gasteiger partial charge in [-0.3, -0.25) is 4.79 Å². The predicted octanol–water partition coefficient (Wildman–Crippen LogP) is 6.38. The minimum Gasteiger partial charge on any atom is -0.507 e. The third-order valence-corrected chi connectivity index (χ3v) is 7.19. The summed E-state index contributed by atoms with van der Waals surface area (Å²) < 4.78 is 23.2. The topological polar surface area (TPSA) is 115 Å². The van der Waals surface area contributed by atoms with Gasteiger partial charge in [-0.25, -0.2) is 0 Å². The van der Waals surface area contributed by atoms with Crippen LogP contribution in [0.4, 0.5) is 0 Å². The molecule has 0 unspecified atom stereocenters. The van der Waals surface area contributed by atoms with Crippen LogP contribution in [-0.4, -0.2) is 42.4 Å². The molecular formula is C33H30O8. The van der Waals surface area contributed by atoms with Crippen molar-refractivity contribution in [2.75, 3.05) is 21.3 Å². The fourth-order valence-electron chi connectivity index (χ4n) is 5.30. The maximum absolute atomic E-state index is 13.3. The van der Waals surface area contributed by atoms with Crippen LogP contribution in [0.5, 0.6) is 40.2 Å². The zero-order chi connectivity index (χ0) is 29.1. The van der Waals surface area contributed by atoms with Crippen LogP contribution in [0.1, 0.15) is 51.1 Å². The van der Waals surface area contributed by atoms with E-state index in [1.807, 2.05) is 60.7 Å². The van der Waals surface area contributed by atoms with E-state index in [-0.39, 0.29) is 34.1 Å². The Morgan fingerprint density at radius 1 is 0.829 bits per heavy atom. The van der Waals surface area contributed by atoms with Crippen LogP contribution >= 0.6 is 0 Å². The molecule has 2 atom stereocenters. The number of carbonyl (C=O) groups is 1. The Kier molecular flexibility index (Phi) is 7.74. The number of hydrogen-bond donors (Lipinski definition) is 3. The molecule has 4 aromatic carbocycles. The van der Waals surface area contributed by atoms with Crippen LogP contribution in [0.2, 0.25) is 0 Å². The molecule has 0 spiro atoms. The van der Waals surface area contributed by atoms with Crippen LogP contribution in [0, 0.1) is 0 Å². The molecule has 4 aromatic rings. The van der Waals surface area contributed by atoms with Gasteiger partial charge in [-0.15, -0.1) is 0 Å². The first kappa shape index (κ1) is 27.5. The van der Waals surface area contributed by atoms with Gasteiger partial charge in [0.1, 0.15) is 34.7 Å². The normalized spacial score (nSPS) is 16.1. The molecule has 8 nitrogen and oxygen atoms in total. The van der Waals surface area contributed by atoms with Crippen LogP contribution in [0.3, 0.4) is 0 Å². The van der Waals surface area contributed by atoms with E-state index in [2.05, 4.69) is 0 Å². The molecule has 0 bridgehead atoms. The number of ether oxygens (including phenoxy) is 4. The minimum atomic E-state index is -0.659. The Bertz CT molecular complexity index is 1600. The van der Waals surface area contributed by atoms with Gasteiger partial charge in [-0.1, -0.05) is 66.7 Å². The van der Waals surface area contributed by atoms with Crippen molar-refractivity contribution in [1.82, 2.24) is 0 Å². The van der Waals surface area contributed by atoms with Crippen molar-refractivity contribution in [3.8, 4) is 40.2 Å². The van der Waals surface area contributed by atoms with Crippen molar-refractivity contribution in [3.05, 3.63) is 107 Å². The monoisotopic (exact) mass is 554 g/mol. The molecule has 0 fully saturated rings. The molecule has 41 heavy (non-hydrogen) atoms. The van der Waals surface area contributed by atoms with Gasteiger partial charge < -0.3 is 34.3 Å². The SMILES string of the molecule is COc1cc(O)c(C(=O)C=Cc2ccccc2)c(O)c1[C@H]1C[C@H](c2ccccc2)Oc2c(OC)c(O)cc(OC)c21. The second-order valence-corrected chi connectivity index (χ2v) is 9.52. The minimum absolute atomic E-state index is 0.103. The van der Waals surface area contributed by atoms with Crippen molar-refractivity contribution in [2.45, 2.75) is 18.4 Å². The van der Waals surface area contributed by atoms with Crippen LogP contribution in [0.25, 0.3) is 6.08 Å². The zero-order valence-corrected chi connectivity index (χ0v) is 22.8. The number of allylic oxidation sites excluding steroid dienone is 1. The van der Waals surface area contributed by atoms with Crippen molar-refractivity contribution >= 4 is 11.9 Å². The van der Waals surface area contributed by atoms with Gasteiger partial charge in [0.15, 0.2) is 17.3 Å². The Hall–Kier alpha value is -5.11. The number of rotatable bonds is 8. The molecule has 0 amide bonds. The number of phenolic OH excluding ortho intramolecular Hbond substituents is 3. The summed E-state index contributed by atoms with van der Waals surface area (Å²) in [6.45, 7) is 0. The van der Waals surface area contributed by atoms with E-state index in [1.165, 1.54) is 39.5 Å². The first-order chi connectivity index (χ1) is 19.9. The van der Waals surface area contributed by atoms with Crippen LogP contribution in [-0.2, 0) is 0 Å². The average molecular weight is 555 g/mol. The largest absolute Gasteiger partial charge is 0.507 e. The van der Waals surface area contributed by atoms with Crippen LogP contribution in [0.15, 0.2) is 78.9 Å². The molecule has 0 radical (unpaired) electrons. The van der Waals surface area contributed by atoms with Crippen molar-refractivity contribution in [1.29, 1.82) is 0 Å². The number of benzene rings is 4. The highest BCUT2D eigenvalue weighted by atomic mass is 16.5. The summed E-state index contributed by atoms with van der Waals surface area (Å²) in [5.41, 5.74) is 2.13. The smallest absolute Gasteiger partial charge is 0.203 e. The molecule has 0 saturated heterocycles. The first-order valence-electron chi connectivity index (χ1n) is 13.0. The number of ketones is 1. The summed E-state index contributed by atoms with van der Waals surface area (Å²) in [5.74, 6) is -1.48. The summed E-state index contributed by atoms with van der Waals surface area (Å²) in [4.78, 5) is 13.3. The van der Waals surface area contributed by atoms with E-state index in [4.69, 9.17) is 18.9 Å². The highest BCUT2D eigenvalue weighted by Crippen LogP contribution is 2.58. The fourth-order valence-corrected chi connectivity index (χ4v) is 5.30. The molecular weight excluding hydrogens is 524 g/mol. The quantitative estimate of drug-likeness (QED) is 0.170. The van der Waals surface area contributed by atoms with Gasteiger partial charge in [0.25, 0.3) is 0 Å². The highest BCUT2D eigenvalue weighted by molar-refractivity contribution is 6.11. The number of hydrogen-bond acceptors (Lipinski definition) is 8. The van der Waals surface area contributed by atoms with Gasteiger partial charge in [0, 0.05) is 35.6 Å². The van der Waals surface area contributed by atoms with E-state index in [0.29, 0.717) is 17.7 Å². The fraction of sp³-hybridized carbons (Fsp3) is 0.182. The lowest BCUT2D eigenvalue weighted by Crippen LogP contribution is -2.22. The highest BCUT2D eigenvalue weighted by Gasteiger charge is 2.40. The van der Waals surface area contributed by atoms with E-state index < -0.39 is 29.3 Å². The average Bonchev–Trinajstić information content (AvgIpc) is 2.99.